The molecule has 0 amide bonds. The van der Waals surface area contributed by atoms with Crippen molar-refractivity contribution in [2.45, 2.75) is 63.6 Å². The Bertz CT molecular complexity index is 360. The van der Waals surface area contributed by atoms with Gasteiger partial charge in [0.1, 0.15) is 0 Å². The fraction of sp³-hybridized carbons (Fsp3) is 0.941. The molecule has 2 aliphatic rings. The first kappa shape index (κ1) is 22.3. The molecular formula is C17H34IN3O2S. The van der Waals surface area contributed by atoms with Gasteiger partial charge in [-0.2, -0.15) is 11.8 Å². The quantitative estimate of drug-likeness (QED) is 0.220. The molecule has 0 aromatic heterocycles. The van der Waals surface area contributed by atoms with Gasteiger partial charge in [-0.25, -0.2) is 0 Å². The highest BCUT2D eigenvalue weighted by Crippen LogP contribution is 2.27. The Morgan fingerprint density at radius 3 is 2.75 bits per heavy atom. The highest BCUT2D eigenvalue weighted by Gasteiger charge is 2.31. The maximum Gasteiger partial charge on any atom is 0.191 e. The van der Waals surface area contributed by atoms with Gasteiger partial charge >= 0.3 is 0 Å². The first-order valence-corrected chi connectivity index (χ1v) is 10.3. The first-order valence-electron chi connectivity index (χ1n) is 9.16. The normalized spacial score (nSPS) is 25.3. The monoisotopic (exact) mass is 471 g/mol. The second kappa shape index (κ2) is 12.6. The highest BCUT2D eigenvalue weighted by molar-refractivity contribution is 14.0. The van der Waals surface area contributed by atoms with Crippen LogP contribution in [0.25, 0.3) is 0 Å². The van der Waals surface area contributed by atoms with Crippen LogP contribution in [-0.4, -0.2) is 60.5 Å². The van der Waals surface area contributed by atoms with E-state index < -0.39 is 5.60 Å². The Kier molecular flexibility index (Phi) is 11.7. The van der Waals surface area contributed by atoms with Crippen LogP contribution >= 0.6 is 35.7 Å². The van der Waals surface area contributed by atoms with Crippen molar-refractivity contribution in [2.24, 2.45) is 4.99 Å². The van der Waals surface area contributed by atoms with Crippen molar-refractivity contribution in [1.82, 2.24) is 10.6 Å². The third kappa shape index (κ3) is 8.58. The lowest BCUT2D eigenvalue weighted by Gasteiger charge is -2.22. The van der Waals surface area contributed by atoms with Gasteiger partial charge in [-0.05, 0) is 38.4 Å². The van der Waals surface area contributed by atoms with Crippen LogP contribution in [0.15, 0.2) is 4.99 Å². The fourth-order valence-corrected chi connectivity index (χ4v) is 4.33. The van der Waals surface area contributed by atoms with Crippen molar-refractivity contribution in [1.29, 1.82) is 0 Å². The fourth-order valence-electron chi connectivity index (χ4n) is 3.05. The summed E-state index contributed by atoms with van der Waals surface area (Å²) in [4.78, 5) is 4.54. The van der Waals surface area contributed by atoms with E-state index in [1.165, 1.54) is 32.1 Å². The van der Waals surface area contributed by atoms with Crippen molar-refractivity contribution in [2.75, 3.05) is 37.7 Å². The zero-order valence-corrected chi connectivity index (χ0v) is 18.0. The molecule has 3 N–H and O–H groups in total. The summed E-state index contributed by atoms with van der Waals surface area (Å²) in [6.45, 7) is 5.04. The van der Waals surface area contributed by atoms with Gasteiger partial charge in [0.2, 0.25) is 0 Å². The van der Waals surface area contributed by atoms with E-state index in [2.05, 4.69) is 22.5 Å². The van der Waals surface area contributed by atoms with Crippen molar-refractivity contribution in [3.63, 3.8) is 0 Å². The van der Waals surface area contributed by atoms with Crippen molar-refractivity contribution in [3.05, 3.63) is 0 Å². The summed E-state index contributed by atoms with van der Waals surface area (Å²) in [6.07, 6.45) is 8.79. The molecule has 0 radical (unpaired) electrons. The number of hydrogen-bond acceptors (Lipinski definition) is 4. The molecule has 0 aromatic rings. The topological polar surface area (TPSA) is 65.9 Å². The average molecular weight is 471 g/mol. The number of halogens is 1. The Morgan fingerprint density at radius 2 is 2.08 bits per heavy atom. The zero-order chi connectivity index (χ0) is 16.4. The molecule has 1 aliphatic carbocycles. The summed E-state index contributed by atoms with van der Waals surface area (Å²) in [5.41, 5.74) is -0.614. The lowest BCUT2D eigenvalue weighted by atomic mass is 9.98. The second-order valence-electron chi connectivity index (χ2n) is 6.63. The van der Waals surface area contributed by atoms with E-state index in [4.69, 9.17) is 4.74 Å². The Labute approximate surface area is 168 Å². The van der Waals surface area contributed by atoms with E-state index in [1.54, 1.807) is 0 Å². The van der Waals surface area contributed by atoms with Crippen molar-refractivity contribution in [3.8, 4) is 0 Å². The van der Waals surface area contributed by atoms with E-state index >= 15 is 0 Å². The maximum atomic E-state index is 10.4. The third-order valence-electron chi connectivity index (χ3n) is 4.48. The summed E-state index contributed by atoms with van der Waals surface area (Å²) in [5, 5.41) is 16.9. The molecule has 142 valence electrons. The molecule has 1 unspecified atom stereocenters. The molecular weight excluding hydrogens is 437 g/mol. The number of nitrogens with one attached hydrogen (secondary N) is 2. The average Bonchev–Trinajstić information content (AvgIpc) is 3.00. The first-order chi connectivity index (χ1) is 11.2. The zero-order valence-electron chi connectivity index (χ0n) is 14.9. The van der Waals surface area contributed by atoms with Crippen LogP contribution in [0, 0.1) is 0 Å². The smallest absolute Gasteiger partial charge is 0.191 e. The third-order valence-corrected chi connectivity index (χ3v) is 5.71. The molecule has 1 saturated heterocycles. The van der Waals surface area contributed by atoms with Gasteiger partial charge in [0.15, 0.2) is 5.96 Å². The number of aliphatic imine (C=N–C) groups is 1. The Morgan fingerprint density at radius 1 is 1.29 bits per heavy atom. The number of hydrogen-bond donors (Lipinski definition) is 3. The molecule has 5 nitrogen and oxygen atoms in total. The predicted octanol–water partition coefficient (Wildman–Crippen LogP) is 2.77. The number of ether oxygens (including phenoxy) is 1. The molecule has 2 rings (SSSR count). The molecule has 0 aromatic carbocycles. The van der Waals surface area contributed by atoms with Gasteiger partial charge in [0.05, 0.1) is 18.2 Å². The summed E-state index contributed by atoms with van der Waals surface area (Å²) in [5.74, 6) is 2.63. The van der Waals surface area contributed by atoms with E-state index in [9.17, 15) is 5.11 Å². The lowest BCUT2D eigenvalue weighted by Crippen LogP contribution is -2.40. The van der Waals surface area contributed by atoms with Crippen LogP contribution in [0.2, 0.25) is 0 Å². The van der Waals surface area contributed by atoms with Gasteiger partial charge in [0, 0.05) is 25.4 Å². The van der Waals surface area contributed by atoms with Crippen LogP contribution in [0.1, 0.15) is 51.9 Å². The molecule has 0 bridgehead atoms. The van der Waals surface area contributed by atoms with Crippen LogP contribution in [0.3, 0.4) is 0 Å². The number of thioether (sulfide) groups is 1. The minimum atomic E-state index is -0.614. The summed E-state index contributed by atoms with van der Waals surface area (Å²) < 4.78 is 5.94. The largest absolute Gasteiger partial charge is 0.387 e. The molecule has 1 saturated carbocycles. The molecule has 0 spiro atoms. The van der Waals surface area contributed by atoms with Gasteiger partial charge in [0.25, 0.3) is 0 Å². The number of guanidine groups is 1. The summed E-state index contributed by atoms with van der Waals surface area (Å²) >= 11 is 1.81. The van der Waals surface area contributed by atoms with E-state index in [0.717, 1.165) is 50.0 Å². The summed E-state index contributed by atoms with van der Waals surface area (Å²) in [6, 6.07) is 0. The van der Waals surface area contributed by atoms with Crippen LogP contribution in [0.5, 0.6) is 0 Å². The Balaban J connectivity index is 0.00000288. The molecule has 7 heteroatoms. The number of nitrogens with zero attached hydrogens (tertiary/aromatic N) is 1. The minimum absolute atomic E-state index is 0. The van der Waals surface area contributed by atoms with Crippen molar-refractivity contribution < 1.29 is 9.84 Å². The molecule has 1 atom stereocenters. The number of rotatable bonds is 8. The molecule has 1 heterocycles. The molecule has 24 heavy (non-hydrogen) atoms. The number of aliphatic hydroxyl groups is 1. The molecule has 1 aliphatic heterocycles. The van der Waals surface area contributed by atoms with Gasteiger partial charge in [-0.15, -0.1) is 24.0 Å². The Hall–Kier alpha value is 0.270. The van der Waals surface area contributed by atoms with Crippen LogP contribution in [0.4, 0.5) is 0 Å². The van der Waals surface area contributed by atoms with Crippen LogP contribution < -0.4 is 10.6 Å². The van der Waals surface area contributed by atoms with E-state index in [0.29, 0.717) is 12.6 Å². The van der Waals surface area contributed by atoms with Gasteiger partial charge in [-0.1, -0.05) is 19.3 Å². The van der Waals surface area contributed by atoms with Crippen LogP contribution in [-0.2, 0) is 4.74 Å². The van der Waals surface area contributed by atoms with Gasteiger partial charge < -0.3 is 20.5 Å². The molecule has 2 fully saturated rings. The lowest BCUT2D eigenvalue weighted by molar-refractivity contribution is 0.0277. The highest BCUT2D eigenvalue weighted by atomic mass is 127. The second-order valence-corrected chi connectivity index (χ2v) is 7.74. The standard InChI is InChI=1S/C17H33N3O2S.HI/c1-2-18-16(20-13-17(21)9-12-23-14-17)19-10-6-11-22-15-7-4-3-5-8-15;/h15,21H,2-14H2,1H3,(H2,18,19,20);1H. The van der Waals surface area contributed by atoms with Crippen molar-refractivity contribution >= 4 is 41.7 Å². The summed E-state index contributed by atoms with van der Waals surface area (Å²) in [7, 11) is 0. The van der Waals surface area contributed by atoms with E-state index in [-0.39, 0.29) is 24.0 Å². The minimum Gasteiger partial charge on any atom is -0.387 e. The predicted molar refractivity (Wildman–Crippen MR) is 114 cm³/mol. The maximum absolute atomic E-state index is 10.4. The SMILES string of the molecule is CCNC(=NCC1(O)CCSC1)NCCCOC1CCCCC1.I. The van der Waals surface area contributed by atoms with Gasteiger partial charge in [-0.3, -0.25) is 4.99 Å². The van der Waals surface area contributed by atoms with E-state index in [1.807, 2.05) is 11.8 Å².